The molecule has 0 fully saturated rings. The highest BCUT2D eigenvalue weighted by atomic mass is 32.1. The van der Waals surface area contributed by atoms with Crippen LogP contribution in [-0.2, 0) is 5.41 Å². The Morgan fingerprint density at radius 1 is 0.329 bits per heavy atom. The van der Waals surface area contributed by atoms with Crippen molar-refractivity contribution >= 4 is 85.0 Å². The molecule has 326 valence electrons. The Morgan fingerprint density at radius 2 is 0.800 bits per heavy atom. The van der Waals surface area contributed by atoms with Gasteiger partial charge in [0.05, 0.1) is 5.41 Å². The van der Waals surface area contributed by atoms with Crippen LogP contribution < -0.4 is 0 Å². The SMILES string of the molecule is c1ccc(C2(c3ccccc3)c3ccccc3-c3c(-c4ccc5oc6cccc(-c7nc(-c8cccc9sc%10ccccc%10c89)nc(-c8cccc9sc%10ccccc%10c89)n7)c6c5c4)cccc32)cc1. The van der Waals surface area contributed by atoms with E-state index < -0.39 is 5.41 Å². The normalized spacial score (nSPS) is 13.0. The van der Waals surface area contributed by atoms with E-state index in [4.69, 9.17) is 19.4 Å². The van der Waals surface area contributed by atoms with Gasteiger partial charge < -0.3 is 4.42 Å². The second kappa shape index (κ2) is 15.2. The van der Waals surface area contributed by atoms with Crippen LogP contribution in [0.2, 0.25) is 0 Å². The van der Waals surface area contributed by atoms with Gasteiger partial charge in [-0.05, 0) is 87.0 Å². The first-order chi connectivity index (χ1) is 34.7. The van der Waals surface area contributed by atoms with Crippen LogP contribution in [0.4, 0.5) is 0 Å². The van der Waals surface area contributed by atoms with Gasteiger partial charge >= 0.3 is 0 Å². The monoisotopic (exact) mass is 927 g/mol. The van der Waals surface area contributed by atoms with Crippen LogP contribution in [0.3, 0.4) is 0 Å². The van der Waals surface area contributed by atoms with Gasteiger partial charge in [-0.25, -0.2) is 15.0 Å². The fourth-order valence-electron chi connectivity index (χ4n) is 11.6. The van der Waals surface area contributed by atoms with Crippen LogP contribution in [0, 0.1) is 0 Å². The molecule has 0 N–H and O–H groups in total. The molecular formula is C64H37N3OS2. The van der Waals surface area contributed by atoms with Gasteiger partial charge in [0.1, 0.15) is 11.2 Å². The molecule has 0 unspecified atom stereocenters. The molecule has 0 atom stereocenters. The summed E-state index contributed by atoms with van der Waals surface area (Å²) in [4.78, 5) is 16.4. The van der Waals surface area contributed by atoms with Gasteiger partial charge in [-0.2, -0.15) is 0 Å². The van der Waals surface area contributed by atoms with Gasteiger partial charge in [0.15, 0.2) is 17.5 Å². The van der Waals surface area contributed by atoms with Crippen molar-refractivity contribution in [3.8, 4) is 56.4 Å². The quantitative estimate of drug-likeness (QED) is 0.167. The largest absolute Gasteiger partial charge is 0.456 e. The van der Waals surface area contributed by atoms with Crippen LogP contribution in [0.5, 0.6) is 0 Å². The van der Waals surface area contributed by atoms with E-state index in [0.29, 0.717) is 17.5 Å². The van der Waals surface area contributed by atoms with Crippen molar-refractivity contribution < 1.29 is 4.42 Å². The van der Waals surface area contributed by atoms with Gasteiger partial charge in [0, 0.05) is 67.8 Å². The fourth-order valence-corrected chi connectivity index (χ4v) is 13.8. The Labute approximate surface area is 410 Å². The van der Waals surface area contributed by atoms with Crippen molar-refractivity contribution in [1.82, 2.24) is 15.0 Å². The minimum Gasteiger partial charge on any atom is -0.456 e. The Morgan fingerprint density at radius 3 is 1.43 bits per heavy atom. The molecule has 6 heteroatoms. The first kappa shape index (κ1) is 39.4. The van der Waals surface area contributed by atoms with Gasteiger partial charge in [-0.1, -0.05) is 182 Å². The Hall–Kier alpha value is -8.55. The third kappa shape index (κ3) is 5.66. The summed E-state index contributed by atoms with van der Waals surface area (Å²) in [5, 5.41) is 6.68. The number of rotatable bonds is 6. The van der Waals surface area contributed by atoms with Crippen molar-refractivity contribution in [3.63, 3.8) is 0 Å². The van der Waals surface area contributed by atoms with Crippen molar-refractivity contribution in [2.75, 3.05) is 0 Å². The highest BCUT2D eigenvalue weighted by Gasteiger charge is 2.46. The third-order valence-corrected chi connectivity index (χ3v) is 16.7. The minimum atomic E-state index is -0.503. The molecule has 14 aromatic rings. The van der Waals surface area contributed by atoms with Crippen LogP contribution in [0.1, 0.15) is 22.3 Å². The van der Waals surface area contributed by atoms with Gasteiger partial charge in [0.2, 0.25) is 0 Å². The van der Waals surface area contributed by atoms with Crippen LogP contribution >= 0.6 is 22.7 Å². The first-order valence-electron chi connectivity index (χ1n) is 23.6. The number of furan rings is 1. The Balaban J connectivity index is 0.976. The standard InChI is InChI=1S/C64H37N3OS2/c1-3-17-39(18-4-1)64(40-19-5-2-6-20-40)49-28-10-7-21-42(49)57-41(24-13-29-50(57)64)38-35-36-51-48(37-38)58-45(25-14-30-52(58)68-51)61-65-62(46-26-15-33-55-59(46)43-22-8-11-31-53(43)69-55)67-63(66-61)47-27-16-34-56-60(47)44-23-9-12-32-54(44)70-56/h1-37H. The molecule has 0 aliphatic heterocycles. The molecule has 0 bridgehead atoms. The lowest BCUT2D eigenvalue weighted by molar-refractivity contribution is 0.669. The van der Waals surface area contributed by atoms with Crippen LogP contribution in [0.25, 0.3) is 119 Å². The van der Waals surface area contributed by atoms with E-state index >= 15 is 0 Å². The number of hydrogen-bond acceptors (Lipinski definition) is 6. The molecule has 15 rings (SSSR count). The maximum atomic E-state index is 6.76. The molecule has 10 aromatic carbocycles. The lowest BCUT2D eigenvalue weighted by Crippen LogP contribution is -2.28. The zero-order chi connectivity index (χ0) is 45.9. The van der Waals surface area contributed by atoms with Crippen molar-refractivity contribution in [1.29, 1.82) is 0 Å². The molecule has 4 heterocycles. The maximum Gasteiger partial charge on any atom is 0.164 e. The smallest absolute Gasteiger partial charge is 0.164 e. The lowest BCUT2D eigenvalue weighted by Gasteiger charge is -2.34. The Bertz CT molecular complexity index is 4260. The van der Waals surface area contributed by atoms with Gasteiger partial charge in [0.25, 0.3) is 0 Å². The number of benzene rings is 10. The van der Waals surface area contributed by atoms with Crippen molar-refractivity contribution in [2.24, 2.45) is 0 Å². The predicted octanol–water partition coefficient (Wildman–Crippen LogP) is 17.5. The van der Waals surface area contributed by atoms with E-state index in [1.54, 1.807) is 22.7 Å². The second-order valence-corrected chi connectivity index (χ2v) is 20.3. The summed E-state index contributed by atoms with van der Waals surface area (Å²) in [5.74, 6) is 1.86. The third-order valence-electron chi connectivity index (χ3n) is 14.5. The minimum absolute atomic E-state index is 0.503. The van der Waals surface area contributed by atoms with Crippen molar-refractivity contribution in [3.05, 3.63) is 247 Å². The average molecular weight is 928 g/mol. The number of nitrogens with zero attached hydrogens (tertiary/aromatic N) is 3. The molecule has 0 spiro atoms. The van der Waals surface area contributed by atoms with Crippen LogP contribution in [-0.4, -0.2) is 15.0 Å². The summed E-state index contributed by atoms with van der Waals surface area (Å²) in [6.45, 7) is 0. The molecule has 0 radical (unpaired) electrons. The Kier molecular flexibility index (Phi) is 8.58. The van der Waals surface area contributed by atoms with E-state index in [-0.39, 0.29) is 0 Å². The molecule has 4 aromatic heterocycles. The van der Waals surface area contributed by atoms with E-state index in [1.165, 1.54) is 68.5 Å². The zero-order valence-corrected chi connectivity index (χ0v) is 39.1. The summed E-state index contributed by atoms with van der Waals surface area (Å²) in [6.07, 6.45) is 0. The zero-order valence-electron chi connectivity index (χ0n) is 37.4. The number of hydrogen-bond donors (Lipinski definition) is 0. The molecule has 70 heavy (non-hydrogen) atoms. The molecular weight excluding hydrogens is 891 g/mol. The fraction of sp³-hybridized carbons (Fsp3) is 0.0156. The van der Waals surface area contributed by atoms with Gasteiger partial charge in [-0.3, -0.25) is 0 Å². The topological polar surface area (TPSA) is 51.8 Å². The molecule has 0 saturated carbocycles. The highest BCUT2D eigenvalue weighted by molar-refractivity contribution is 7.26. The number of thiophene rings is 2. The summed E-state index contributed by atoms with van der Waals surface area (Å²) in [6, 6.07) is 80.9. The summed E-state index contributed by atoms with van der Waals surface area (Å²) < 4.78 is 11.6. The molecule has 1 aliphatic rings. The highest BCUT2D eigenvalue weighted by Crippen LogP contribution is 2.58. The second-order valence-electron chi connectivity index (χ2n) is 18.1. The van der Waals surface area contributed by atoms with E-state index in [2.05, 4.69) is 224 Å². The predicted molar refractivity (Wildman–Crippen MR) is 292 cm³/mol. The molecule has 1 aliphatic carbocycles. The molecule has 4 nitrogen and oxygen atoms in total. The van der Waals surface area contributed by atoms with Crippen LogP contribution in [0.15, 0.2) is 229 Å². The summed E-state index contributed by atoms with van der Waals surface area (Å²) in [7, 11) is 0. The van der Waals surface area contributed by atoms with Gasteiger partial charge in [-0.15, -0.1) is 22.7 Å². The van der Waals surface area contributed by atoms with E-state index in [1.807, 2.05) is 0 Å². The number of aromatic nitrogens is 3. The summed E-state index contributed by atoms with van der Waals surface area (Å²) in [5.41, 5.74) is 13.7. The molecule has 0 amide bonds. The first-order valence-corrected chi connectivity index (χ1v) is 25.2. The maximum absolute atomic E-state index is 6.76. The van der Waals surface area contributed by atoms with E-state index in [9.17, 15) is 0 Å². The average Bonchev–Trinajstić information content (AvgIpc) is 4.19. The number of fused-ring (bicyclic) bond motifs is 12. The summed E-state index contributed by atoms with van der Waals surface area (Å²) >= 11 is 3.60. The molecule has 0 saturated heterocycles. The van der Waals surface area contributed by atoms with E-state index in [0.717, 1.165) is 55.0 Å². The van der Waals surface area contributed by atoms with Crippen molar-refractivity contribution in [2.45, 2.75) is 5.41 Å². The lowest BCUT2D eigenvalue weighted by atomic mass is 9.67.